The lowest BCUT2D eigenvalue weighted by atomic mass is 10.2. The molecule has 0 atom stereocenters. The summed E-state index contributed by atoms with van der Waals surface area (Å²) in [4.78, 5) is 0. The average Bonchev–Trinajstić information content (AvgIpc) is 3.07. The maximum absolute atomic E-state index is 13.1. The van der Waals surface area contributed by atoms with Gasteiger partial charge in [-0.15, -0.1) is 0 Å². The number of rotatable bonds is 5. The number of halogens is 4. The number of alkyl halides is 3. The summed E-state index contributed by atoms with van der Waals surface area (Å²) in [5.41, 5.74) is 0.408. The Morgan fingerprint density at radius 2 is 2.00 bits per heavy atom. The molecular formula is C12H13F4NO. The minimum Gasteiger partial charge on any atom is -0.484 e. The first-order chi connectivity index (χ1) is 8.44. The van der Waals surface area contributed by atoms with Crippen molar-refractivity contribution in [2.75, 3.05) is 6.61 Å². The monoisotopic (exact) mass is 263 g/mol. The molecule has 1 aromatic carbocycles. The predicted molar refractivity (Wildman–Crippen MR) is 57.8 cm³/mol. The third-order valence-electron chi connectivity index (χ3n) is 2.57. The van der Waals surface area contributed by atoms with Crippen molar-refractivity contribution in [3.63, 3.8) is 0 Å². The Balaban J connectivity index is 2.01. The molecule has 1 saturated carbocycles. The van der Waals surface area contributed by atoms with Crippen LogP contribution in [-0.4, -0.2) is 18.8 Å². The van der Waals surface area contributed by atoms with E-state index in [0.717, 1.165) is 18.9 Å². The zero-order chi connectivity index (χ0) is 13.2. The van der Waals surface area contributed by atoms with Crippen LogP contribution in [0.2, 0.25) is 0 Å². The van der Waals surface area contributed by atoms with Crippen LogP contribution in [0.4, 0.5) is 17.6 Å². The molecule has 6 heteroatoms. The first kappa shape index (κ1) is 13.1. The molecule has 0 unspecified atom stereocenters. The minimum absolute atomic E-state index is 0.0712. The maximum atomic E-state index is 13.1. The zero-order valence-electron chi connectivity index (χ0n) is 9.56. The third kappa shape index (κ3) is 4.18. The van der Waals surface area contributed by atoms with Crippen LogP contribution in [0.15, 0.2) is 18.2 Å². The zero-order valence-corrected chi connectivity index (χ0v) is 9.56. The lowest BCUT2D eigenvalue weighted by molar-refractivity contribution is -0.153. The molecule has 1 aliphatic rings. The highest BCUT2D eigenvalue weighted by molar-refractivity contribution is 5.34. The molecule has 2 rings (SSSR count). The Hall–Kier alpha value is -1.30. The van der Waals surface area contributed by atoms with Gasteiger partial charge in [0.2, 0.25) is 0 Å². The summed E-state index contributed by atoms with van der Waals surface area (Å²) in [6, 6.07) is 3.90. The highest BCUT2D eigenvalue weighted by Crippen LogP contribution is 2.25. The van der Waals surface area contributed by atoms with Crippen LogP contribution < -0.4 is 10.1 Å². The van der Waals surface area contributed by atoms with Gasteiger partial charge in [0.05, 0.1) is 0 Å². The molecule has 0 amide bonds. The standard InChI is InChI=1S/C12H13F4NO/c13-9-1-4-11(18-7-12(14,15)16)8(5-9)6-17-10-2-3-10/h1,4-5,10,17H,2-3,6-7H2. The van der Waals surface area contributed by atoms with Crippen molar-refractivity contribution in [3.8, 4) is 5.75 Å². The Morgan fingerprint density at radius 3 is 2.61 bits per heavy atom. The van der Waals surface area contributed by atoms with Crippen LogP contribution in [0.3, 0.4) is 0 Å². The minimum atomic E-state index is -4.39. The van der Waals surface area contributed by atoms with E-state index < -0.39 is 18.6 Å². The third-order valence-corrected chi connectivity index (χ3v) is 2.57. The van der Waals surface area contributed by atoms with Crippen molar-refractivity contribution in [1.82, 2.24) is 5.32 Å². The molecule has 1 N–H and O–H groups in total. The largest absolute Gasteiger partial charge is 0.484 e. The molecule has 0 saturated heterocycles. The summed E-state index contributed by atoms with van der Waals surface area (Å²) < 4.78 is 53.9. The van der Waals surface area contributed by atoms with Crippen LogP contribution in [0.5, 0.6) is 5.75 Å². The van der Waals surface area contributed by atoms with Gasteiger partial charge in [-0.3, -0.25) is 0 Å². The normalized spacial score (nSPS) is 15.8. The molecule has 0 bridgehead atoms. The first-order valence-corrected chi connectivity index (χ1v) is 5.65. The van der Waals surface area contributed by atoms with Gasteiger partial charge in [0.15, 0.2) is 6.61 Å². The van der Waals surface area contributed by atoms with E-state index in [2.05, 4.69) is 10.1 Å². The van der Waals surface area contributed by atoms with Crippen LogP contribution in [0.25, 0.3) is 0 Å². The topological polar surface area (TPSA) is 21.3 Å². The van der Waals surface area contributed by atoms with E-state index in [1.54, 1.807) is 0 Å². The molecule has 0 aromatic heterocycles. The summed E-state index contributed by atoms with van der Waals surface area (Å²) in [6.07, 6.45) is -2.29. The fourth-order valence-electron chi connectivity index (χ4n) is 1.53. The molecule has 1 aliphatic carbocycles. The molecule has 18 heavy (non-hydrogen) atoms. The van der Waals surface area contributed by atoms with Gasteiger partial charge < -0.3 is 10.1 Å². The van der Waals surface area contributed by atoms with E-state index in [1.165, 1.54) is 12.1 Å². The fraction of sp³-hybridized carbons (Fsp3) is 0.500. The molecule has 0 spiro atoms. The first-order valence-electron chi connectivity index (χ1n) is 5.65. The summed E-state index contributed by atoms with van der Waals surface area (Å²) >= 11 is 0. The van der Waals surface area contributed by atoms with E-state index in [4.69, 9.17) is 0 Å². The molecule has 100 valence electrons. The van der Waals surface area contributed by atoms with Crippen molar-refractivity contribution < 1.29 is 22.3 Å². The smallest absolute Gasteiger partial charge is 0.422 e. The second-order valence-electron chi connectivity index (χ2n) is 4.31. The highest BCUT2D eigenvalue weighted by Gasteiger charge is 2.29. The summed E-state index contributed by atoms with van der Waals surface area (Å²) in [5.74, 6) is -0.413. The molecule has 2 nitrogen and oxygen atoms in total. The van der Waals surface area contributed by atoms with Crippen molar-refractivity contribution in [1.29, 1.82) is 0 Å². The molecule has 0 heterocycles. The number of hydrogen-bond acceptors (Lipinski definition) is 2. The molecule has 0 aliphatic heterocycles. The van der Waals surface area contributed by atoms with Crippen LogP contribution in [-0.2, 0) is 6.54 Å². The summed E-state index contributed by atoms with van der Waals surface area (Å²) in [7, 11) is 0. The average molecular weight is 263 g/mol. The maximum Gasteiger partial charge on any atom is 0.422 e. The Kier molecular flexibility index (Phi) is 3.75. The number of hydrogen-bond donors (Lipinski definition) is 1. The van der Waals surface area contributed by atoms with Gasteiger partial charge >= 0.3 is 6.18 Å². The molecule has 0 radical (unpaired) electrons. The fourth-order valence-corrected chi connectivity index (χ4v) is 1.53. The van der Waals surface area contributed by atoms with Crippen LogP contribution in [0, 0.1) is 5.82 Å². The highest BCUT2D eigenvalue weighted by atomic mass is 19.4. The number of benzene rings is 1. The SMILES string of the molecule is Fc1ccc(OCC(F)(F)F)c(CNC2CC2)c1. The lowest BCUT2D eigenvalue weighted by Crippen LogP contribution is -2.21. The van der Waals surface area contributed by atoms with Crippen LogP contribution in [0.1, 0.15) is 18.4 Å². The van der Waals surface area contributed by atoms with Crippen molar-refractivity contribution >= 4 is 0 Å². The van der Waals surface area contributed by atoms with Gasteiger partial charge in [0.25, 0.3) is 0 Å². The molecule has 1 fully saturated rings. The Bertz CT molecular complexity index is 415. The van der Waals surface area contributed by atoms with E-state index >= 15 is 0 Å². The lowest BCUT2D eigenvalue weighted by Gasteiger charge is -2.13. The summed E-state index contributed by atoms with van der Waals surface area (Å²) in [6.45, 7) is -1.05. The van der Waals surface area contributed by atoms with E-state index in [-0.39, 0.29) is 5.75 Å². The quantitative estimate of drug-likeness (QED) is 0.824. The van der Waals surface area contributed by atoms with E-state index in [0.29, 0.717) is 18.2 Å². The van der Waals surface area contributed by atoms with Gasteiger partial charge in [0, 0.05) is 18.2 Å². The van der Waals surface area contributed by atoms with Crippen LogP contribution >= 0.6 is 0 Å². The van der Waals surface area contributed by atoms with Crippen molar-refractivity contribution in [2.45, 2.75) is 31.6 Å². The van der Waals surface area contributed by atoms with Gasteiger partial charge in [-0.1, -0.05) is 0 Å². The van der Waals surface area contributed by atoms with E-state index in [1.807, 2.05) is 0 Å². The van der Waals surface area contributed by atoms with E-state index in [9.17, 15) is 17.6 Å². The van der Waals surface area contributed by atoms with Gasteiger partial charge in [-0.2, -0.15) is 13.2 Å². The predicted octanol–water partition coefficient (Wildman–Crippen LogP) is 3.02. The second-order valence-corrected chi connectivity index (χ2v) is 4.31. The second kappa shape index (κ2) is 5.14. The number of nitrogens with one attached hydrogen (secondary N) is 1. The van der Waals surface area contributed by atoms with Gasteiger partial charge in [0.1, 0.15) is 11.6 Å². The van der Waals surface area contributed by atoms with Crippen molar-refractivity contribution in [3.05, 3.63) is 29.6 Å². The van der Waals surface area contributed by atoms with Crippen molar-refractivity contribution in [2.24, 2.45) is 0 Å². The number of ether oxygens (including phenoxy) is 1. The molecule has 1 aromatic rings. The Labute approximate surface area is 102 Å². The summed E-state index contributed by atoms with van der Waals surface area (Å²) in [5, 5.41) is 3.11. The van der Waals surface area contributed by atoms with Gasteiger partial charge in [-0.05, 0) is 31.0 Å². The molecular weight excluding hydrogens is 250 g/mol. The van der Waals surface area contributed by atoms with Gasteiger partial charge in [-0.25, -0.2) is 4.39 Å². The Morgan fingerprint density at radius 1 is 1.28 bits per heavy atom.